The Morgan fingerprint density at radius 1 is 1.28 bits per heavy atom. The molecule has 1 heterocycles. The van der Waals surface area contributed by atoms with Crippen molar-refractivity contribution >= 4 is 17.0 Å². The van der Waals surface area contributed by atoms with E-state index in [2.05, 4.69) is 23.8 Å². The average molecular weight is 329 g/mol. The highest BCUT2D eigenvalue weighted by Crippen LogP contribution is 2.13. The number of aromatic nitrogens is 1. The van der Waals surface area contributed by atoms with Crippen LogP contribution in [-0.4, -0.2) is 4.92 Å². The number of halogens is 1. The number of aryl methyl sites for hydroxylation is 2. The van der Waals surface area contributed by atoms with Gasteiger partial charge in [-0.3, -0.25) is 10.1 Å². The minimum absolute atomic E-state index is 0. The van der Waals surface area contributed by atoms with Crippen LogP contribution in [0.15, 0.2) is 29.6 Å². The fourth-order valence-electron chi connectivity index (χ4n) is 1.69. The molecule has 2 rings (SSSR count). The van der Waals surface area contributed by atoms with Crippen LogP contribution in [0, 0.1) is 24.0 Å². The molecule has 0 amide bonds. The molecule has 2 aromatic rings. The van der Waals surface area contributed by atoms with Crippen LogP contribution in [0.1, 0.15) is 16.3 Å². The first-order valence-electron chi connectivity index (χ1n) is 5.26. The van der Waals surface area contributed by atoms with Gasteiger partial charge in [-0.05, 0) is 12.1 Å². The molecule has 0 atom stereocenters. The van der Waals surface area contributed by atoms with Gasteiger partial charge in [-0.2, -0.15) is 4.57 Å². The summed E-state index contributed by atoms with van der Waals surface area (Å²) in [5.41, 5.74) is 2.42. The number of thiazole rings is 1. The molecular weight excluding hydrogens is 316 g/mol. The summed E-state index contributed by atoms with van der Waals surface area (Å²) in [4.78, 5) is 10.2. The molecule has 6 heteroatoms. The van der Waals surface area contributed by atoms with Gasteiger partial charge in [-0.25, -0.2) is 0 Å². The molecule has 0 fully saturated rings. The van der Waals surface area contributed by atoms with E-state index in [1.165, 1.54) is 10.7 Å². The molecule has 4 nitrogen and oxygen atoms in total. The van der Waals surface area contributed by atoms with E-state index in [0.717, 1.165) is 12.1 Å². The highest BCUT2D eigenvalue weighted by Gasteiger charge is 2.14. The van der Waals surface area contributed by atoms with Crippen molar-refractivity contribution in [2.24, 2.45) is 0 Å². The highest BCUT2D eigenvalue weighted by atomic mass is 79.9. The molecule has 0 spiro atoms. The first kappa shape index (κ1) is 14.8. The lowest BCUT2D eigenvalue weighted by Crippen LogP contribution is -3.00. The van der Waals surface area contributed by atoms with Crippen molar-refractivity contribution in [3.63, 3.8) is 0 Å². The summed E-state index contributed by atoms with van der Waals surface area (Å²) >= 11 is 1.71. The fourth-order valence-corrected chi connectivity index (χ4v) is 2.49. The van der Waals surface area contributed by atoms with Gasteiger partial charge in [-0.15, -0.1) is 0 Å². The molecule has 1 aromatic carbocycles. The fraction of sp³-hybridized carbons (Fsp3) is 0.250. The molecule has 0 aliphatic carbocycles. The molecule has 0 N–H and O–H groups in total. The topological polar surface area (TPSA) is 47.0 Å². The van der Waals surface area contributed by atoms with Crippen LogP contribution < -0.4 is 21.5 Å². The number of hydrogen-bond donors (Lipinski definition) is 0. The Morgan fingerprint density at radius 3 is 2.33 bits per heavy atom. The summed E-state index contributed by atoms with van der Waals surface area (Å²) in [6.07, 6.45) is 0. The minimum Gasteiger partial charge on any atom is -1.00 e. The van der Waals surface area contributed by atoms with E-state index < -0.39 is 0 Å². The number of nitrogens with zero attached hydrogens (tertiary/aromatic N) is 2. The van der Waals surface area contributed by atoms with Crippen molar-refractivity contribution in [2.75, 3.05) is 0 Å². The van der Waals surface area contributed by atoms with Crippen molar-refractivity contribution < 1.29 is 26.5 Å². The van der Waals surface area contributed by atoms with E-state index in [1.54, 1.807) is 23.5 Å². The first-order chi connectivity index (χ1) is 8.08. The van der Waals surface area contributed by atoms with E-state index in [-0.39, 0.29) is 27.6 Å². The van der Waals surface area contributed by atoms with Crippen LogP contribution >= 0.6 is 11.3 Å². The quantitative estimate of drug-likeness (QED) is 0.438. The summed E-state index contributed by atoms with van der Waals surface area (Å²) in [5.74, 6) is 0. The predicted octanol–water partition coefficient (Wildman–Crippen LogP) is -0.387. The summed E-state index contributed by atoms with van der Waals surface area (Å²) in [5, 5.41) is 13.9. The molecule has 0 aliphatic rings. The van der Waals surface area contributed by atoms with Crippen LogP contribution in [0.2, 0.25) is 0 Å². The maximum atomic E-state index is 10.5. The zero-order chi connectivity index (χ0) is 12.4. The third kappa shape index (κ3) is 3.14. The summed E-state index contributed by atoms with van der Waals surface area (Å²) < 4.78 is 2.20. The molecule has 0 saturated carbocycles. The van der Waals surface area contributed by atoms with Crippen LogP contribution in [0.3, 0.4) is 0 Å². The van der Waals surface area contributed by atoms with Gasteiger partial charge in [0.05, 0.1) is 10.3 Å². The van der Waals surface area contributed by atoms with Gasteiger partial charge >= 0.3 is 0 Å². The van der Waals surface area contributed by atoms with Crippen molar-refractivity contribution in [1.29, 1.82) is 0 Å². The first-order valence-corrected chi connectivity index (χ1v) is 6.14. The van der Waals surface area contributed by atoms with Crippen LogP contribution in [0.5, 0.6) is 0 Å². The number of rotatable bonds is 3. The smallest absolute Gasteiger partial charge is 0.269 e. The molecule has 0 aliphatic heterocycles. The largest absolute Gasteiger partial charge is 1.00 e. The molecule has 1 aromatic heterocycles. The standard InChI is InChI=1S/C12H13N2O2S.BrH/c1-9-8-17-10(2)13(9)7-11-3-5-12(6-4-11)14(15)16;/h3-6,8H,7H2,1-2H3;1H/q+1;/p-1. The Morgan fingerprint density at radius 2 is 1.89 bits per heavy atom. The Bertz CT molecular complexity index is 532. The number of nitro benzene ring substituents is 1. The van der Waals surface area contributed by atoms with E-state index in [9.17, 15) is 10.1 Å². The van der Waals surface area contributed by atoms with E-state index in [0.29, 0.717) is 0 Å². The highest BCUT2D eigenvalue weighted by molar-refractivity contribution is 7.09. The molecule has 0 unspecified atom stereocenters. The Kier molecular flexibility index (Phi) is 4.98. The lowest BCUT2D eigenvalue weighted by Gasteiger charge is -1.98. The van der Waals surface area contributed by atoms with Crippen LogP contribution in [0.25, 0.3) is 0 Å². The Labute approximate surface area is 120 Å². The molecule has 0 radical (unpaired) electrons. The summed E-state index contributed by atoms with van der Waals surface area (Å²) in [6, 6.07) is 6.71. The zero-order valence-electron chi connectivity index (χ0n) is 10.1. The average Bonchev–Trinajstić information content (AvgIpc) is 2.61. The van der Waals surface area contributed by atoms with Gasteiger partial charge in [0.1, 0.15) is 0 Å². The van der Waals surface area contributed by atoms with Gasteiger partial charge in [0.15, 0.2) is 12.2 Å². The Balaban J connectivity index is 0.00000162. The van der Waals surface area contributed by atoms with E-state index in [4.69, 9.17) is 0 Å². The monoisotopic (exact) mass is 328 g/mol. The maximum Gasteiger partial charge on any atom is 0.269 e. The van der Waals surface area contributed by atoms with Crippen molar-refractivity contribution in [3.8, 4) is 0 Å². The van der Waals surface area contributed by atoms with Crippen LogP contribution in [-0.2, 0) is 6.54 Å². The molecule has 0 saturated heterocycles. The Hall–Kier alpha value is -1.27. The van der Waals surface area contributed by atoms with E-state index >= 15 is 0 Å². The number of benzene rings is 1. The van der Waals surface area contributed by atoms with Crippen LogP contribution in [0.4, 0.5) is 5.69 Å². The van der Waals surface area contributed by atoms with E-state index in [1.807, 2.05) is 12.1 Å². The lowest BCUT2D eigenvalue weighted by molar-refractivity contribution is -0.695. The summed E-state index contributed by atoms with van der Waals surface area (Å²) in [6.45, 7) is 4.90. The zero-order valence-corrected chi connectivity index (χ0v) is 12.5. The predicted molar refractivity (Wildman–Crippen MR) is 66.2 cm³/mol. The van der Waals surface area contributed by atoms with Crippen molar-refractivity contribution in [2.45, 2.75) is 20.4 Å². The number of hydrogen-bond acceptors (Lipinski definition) is 3. The van der Waals surface area contributed by atoms with Gasteiger partial charge in [0, 0.05) is 31.5 Å². The summed E-state index contributed by atoms with van der Waals surface area (Å²) in [7, 11) is 0. The maximum absolute atomic E-state index is 10.5. The van der Waals surface area contributed by atoms with Crippen molar-refractivity contribution in [1.82, 2.24) is 0 Å². The third-order valence-electron chi connectivity index (χ3n) is 2.69. The second-order valence-corrected chi connectivity index (χ2v) is 4.97. The minimum atomic E-state index is -0.377. The second-order valence-electron chi connectivity index (χ2n) is 3.91. The van der Waals surface area contributed by atoms with Crippen molar-refractivity contribution in [3.05, 3.63) is 56.0 Å². The van der Waals surface area contributed by atoms with Gasteiger partial charge in [0.2, 0.25) is 5.01 Å². The normalized spacial score (nSPS) is 9.89. The molecule has 0 bridgehead atoms. The molecule has 18 heavy (non-hydrogen) atoms. The third-order valence-corrected chi connectivity index (χ3v) is 3.71. The number of non-ortho nitro benzene ring substituents is 1. The SMILES string of the molecule is Cc1csc(C)[n+]1Cc1ccc([N+](=O)[O-])cc1.[Br-]. The lowest BCUT2D eigenvalue weighted by atomic mass is 10.2. The number of nitro groups is 1. The van der Waals surface area contributed by atoms with Gasteiger partial charge in [0.25, 0.3) is 5.69 Å². The van der Waals surface area contributed by atoms with Gasteiger partial charge in [-0.1, -0.05) is 11.3 Å². The molecule has 96 valence electrons. The second kappa shape index (κ2) is 6.06. The van der Waals surface area contributed by atoms with Gasteiger partial charge < -0.3 is 17.0 Å². The molecular formula is C12H13BrN2O2S.